The highest BCUT2D eigenvalue weighted by molar-refractivity contribution is 6.42. The molecule has 0 fully saturated rings. The van der Waals surface area contributed by atoms with E-state index in [0.717, 1.165) is 0 Å². The van der Waals surface area contributed by atoms with Gasteiger partial charge >= 0.3 is 0 Å². The zero-order valence-electron chi connectivity index (χ0n) is 14.4. The van der Waals surface area contributed by atoms with Crippen LogP contribution in [0.4, 0.5) is 0 Å². The van der Waals surface area contributed by atoms with Crippen molar-refractivity contribution in [1.82, 2.24) is 14.9 Å². The normalized spacial score (nSPS) is 13.9. The fourth-order valence-corrected chi connectivity index (χ4v) is 2.51. The molecule has 0 radical (unpaired) electrons. The molecule has 140 valence electrons. The molecule has 2 aromatic rings. The second-order valence-corrected chi connectivity index (χ2v) is 6.48. The molecule has 0 aliphatic rings. The zero-order chi connectivity index (χ0) is 19.3. The fraction of sp³-hybridized carbons (Fsp3) is 0.353. The van der Waals surface area contributed by atoms with Gasteiger partial charge in [0.25, 0.3) is 5.56 Å². The maximum atomic E-state index is 12.4. The highest BCUT2D eigenvalue weighted by Gasteiger charge is 2.19. The van der Waals surface area contributed by atoms with Crippen LogP contribution in [-0.2, 0) is 16.1 Å². The quantitative estimate of drug-likeness (QED) is 0.691. The molecule has 0 saturated heterocycles. The molecule has 26 heavy (non-hydrogen) atoms. The summed E-state index contributed by atoms with van der Waals surface area (Å²) in [6.45, 7) is 2.32. The standard InChI is InChI=1S/C17H20Cl2N4O3/c1-10(26-2)15(20)16(24)21-5-3-4-6-23-9-22-14-8-13(19)12(18)7-11(14)17(23)25/h3-4,7-10,15H,5-6,20H2,1-2H3,(H,21,24)/b4-3+/t10-,15+/m1/s1. The van der Waals surface area contributed by atoms with Gasteiger partial charge in [-0.25, -0.2) is 4.98 Å². The van der Waals surface area contributed by atoms with Crippen LogP contribution in [0, 0.1) is 0 Å². The van der Waals surface area contributed by atoms with Crippen LogP contribution in [0.2, 0.25) is 10.0 Å². The van der Waals surface area contributed by atoms with Crippen LogP contribution in [0.25, 0.3) is 10.9 Å². The van der Waals surface area contributed by atoms with Crippen LogP contribution in [-0.4, -0.2) is 41.3 Å². The number of amides is 1. The van der Waals surface area contributed by atoms with Crippen molar-refractivity contribution in [3.05, 3.63) is 51.0 Å². The highest BCUT2D eigenvalue weighted by atomic mass is 35.5. The molecule has 1 heterocycles. The summed E-state index contributed by atoms with van der Waals surface area (Å²) >= 11 is 11.9. The average Bonchev–Trinajstić information content (AvgIpc) is 2.63. The molecule has 1 amide bonds. The van der Waals surface area contributed by atoms with Gasteiger partial charge in [0.15, 0.2) is 0 Å². The van der Waals surface area contributed by atoms with Crippen molar-refractivity contribution in [1.29, 1.82) is 0 Å². The van der Waals surface area contributed by atoms with Crippen LogP contribution in [0.5, 0.6) is 0 Å². The number of hydrogen-bond acceptors (Lipinski definition) is 5. The number of carbonyl (C=O) groups excluding carboxylic acids is 1. The molecule has 0 aliphatic heterocycles. The van der Waals surface area contributed by atoms with Crippen molar-refractivity contribution in [3.63, 3.8) is 0 Å². The number of halogens is 2. The van der Waals surface area contributed by atoms with Crippen LogP contribution in [0.3, 0.4) is 0 Å². The molecule has 0 bridgehead atoms. The van der Waals surface area contributed by atoms with E-state index in [2.05, 4.69) is 10.3 Å². The Morgan fingerprint density at radius 1 is 1.38 bits per heavy atom. The van der Waals surface area contributed by atoms with Crippen molar-refractivity contribution in [2.45, 2.75) is 25.6 Å². The molecule has 0 saturated carbocycles. The number of methoxy groups -OCH3 is 1. The SMILES string of the molecule is CO[C@H](C)[C@H](N)C(=O)NC/C=C/Cn1cnc2cc(Cl)c(Cl)cc2c1=O. The van der Waals surface area contributed by atoms with Gasteiger partial charge in [-0.2, -0.15) is 0 Å². The van der Waals surface area contributed by atoms with E-state index >= 15 is 0 Å². The molecule has 7 nitrogen and oxygen atoms in total. The van der Waals surface area contributed by atoms with Gasteiger partial charge in [-0.15, -0.1) is 0 Å². The Kier molecular flexibility index (Phi) is 7.16. The number of rotatable bonds is 7. The molecule has 1 aromatic heterocycles. The Bertz CT molecular complexity index is 882. The molecule has 1 aromatic carbocycles. The first kappa shape index (κ1) is 20.4. The van der Waals surface area contributed by atoms with Gasteiger partial charge in [0.2, 0.25) is 5.91 Å². The number of nitrogens with one attached hydrogen (secondary N) is 1. The van der Waals surface area contributed by atoms with E-state index in [0.29, 0.717) is 34.0 Å². The Hall–Kier alpha value is -1.93. The number of nitrogens with zero attached hydrogens (tertiary/aromatic N) is 2. The van der Waals surface area contributed by atoms with Crippen molar-refractivity contribution in [2.24, 2.45) is 5.73 Å². The third-order valence-corrected chi connectivity index (χ3v) is 4.63. The lowest BCUT2D eigenvalue weighted by Gasteiger charge is -2.17. The van der Waals surface area contributed by atoms with Crippen molar-refractivity contribution < 1.29 is 9.53 Å². The number of carbonyl (C=O) groups is 1. The number of nitrogens with two attached hydrogens (primary N) is 1. The Morgan fingerprint density at radius 2 is 2.08 bits per heavy atom. The van der Waals surface area contributed by atoms with Gasteiger partial charge in [0, 0.05) is 20.2 Å². The second kappa shape index (κ2) is 9.14. The summed E-state index contributed by atoms with van der Waals surface area (Å²) in [5, 5.41) is 3.72. The van der Waals surface area contributed by atoms with E-state index in [-0.39, 0.29) is 17.6 Å². The second-order valence-electron chi connectivity index (χ2n) is 5.67. The van der Waals surface area contributed by atoms with Gasteiger partial charge in [0.1, 0.15) is 6.04 Å². The van der Waals surface area contributed by atoms with Crippen molar-refractivity contribution in [3.8, 4) is 0 Å². The summed E-state index contributed by atoms with van der Waals surface area (Å²) in [5.41, 5.74) is 6.00. The molecular weight excluding hydrogens is 379 g/mol. The predicted octanol–water partition coefficient (Wildman–Crippen LogP) is 1.74. The minimum absolute atomic E-state index is 0.224. The lowest BCUT2D eigenvalue weighted by Crippen LogP contribution is -2.47. The third kappa shape index (κ3) is 4.82. The molecule has 0 aliphatic carbocycles. The van der Waals surface area contributed by atoms with Crippen LogP contribution < -0.4 is 16.6 Å². The Labute approximate surface area is 160 Å². The average molecular weight is 399 g/mol. The summed E-state index contributed by atoms with van der Waals surface area (Å²) in [4.78, 5) is 28.5. The van der Waals surface area contributed by atoms with E-state index in [4.69, 9.17) is 33.7 Å². The maximum Gasteiger partial charge on any atom is 0.261 e. The number of fused-ring (bicyclic) bond motifs is 1. The van der Waals surface area contributed by atoms with Crippen molar-refractivity contribution in [2.75, 3.05) is 13.7 Å². The number of hydrogen-bond donors (Lipinski definition) is 2. The van der Waals surface area contributed by atoms with E-state index in [1.165, 1.54) is 24.1 Å². The van der Waals surface area contributed by atoms with Crippen molar-refractivity contribution >= 4 is 40.0 Å². The first-order valence-electron chi connectivity index (χ1n) is 7.90. The molecule has 0 unspecified atom stereocenters. The highest BCUT2D eigenvalue weighted by Crippen LogP contribution is 2.24. The lowest BCUT2D eigenvalue weighted by atomic mass is 10.2. The fourth-order valence-electron chi connectivity index (χ4n) is 2.19. The summed E-state index contributed by atoms with van der Waals surface area (Å²) in [5.74, 6) is -0.306. The number of aromatic nitrogens is 2. The topological polar surface area (TPSA) is 99.2 Å². The summed E-state index contributed by atoms with van der Waals surface area (Å²) in [7, 11) is 1.49. The smallest absolute Gasteiger partial charge is 0.261 e. The van der Waals surface area contributed by atoms with Crippen LogP contribution in [0.1, 0.15) is 6.92 Å². The lowest BCUT2D eigenvalue weighted by molar-refractivity contribution is -0.124. The summed E-state index contributed by atoms with van der Waals surface area (Å²) < 4.78 is 6.45. The largest absolute Gasteiger partial charge is 0.380 e. The first-order chi connectivity index (χ1) is 12.3. The molecule has 9 heteroatoms. The molecule has 3 N–H and O–H groups in total. The van der Waals surface area contributed by atoms with Gasteiger partial charge < -0.3 is 15.8 Å². The Balaban J connectivity index is 1.98. The minimum Gasteiger partial charge on any atom is -0.380 e. The number of allylic oxidation sites excluding steroid dienone is 1. The number of ether oxygens (including phenoxy) is 1. The number of benzene rings is 1. The molecular formula is C17H20Cl2N4O3. The molecule has 0 spiro atoms. The van der Waals surface area contributed by atoms with Gasteiger partial charge in [-0.1, -0.05) is 35.4 Å². The molecule has 2 atom stereocenters. The van der Waals surface area contributed by atoms with E-state index in [9.17, 15) is 9.59 Å². The first-order valence-corrected chi connectivity index (χ1v) is 8.66. The Morgan fingerprint density at radius 3 is 2.77 bits per heavy atom. The van der Waals surface area contributed by atoms with E-state index < -0.39 is 6.04 Å². The zero-order valence-corrected chi connectivity index (χ0v) is 15.9. The van der Waals surface area contributed by atoms with E-state index in [1.54, 1.807) is 25.1 Å². The van der Waals surface area contributed by atoms with Gasteiger partial charge in [-0.3, -0.25) is 14.2 Å². The molecule has 2 rings (SSSR count). The summed E-state index contributed by atoms with van der Waals surface area (Å²) in [6, 6.07) is 2.32. The maximum absolute atomic E-state index is 12.4. The van der Waals surface area contributed by atoms with Gasteiger partial charge in [-0.05, 0) is 19.1 Å². The minimum atomic E-state index is -0.739. The van der Waals surface area contributed by atoms with Crippen LogP contribution >= 0.6 is 23.2 Å². The predicted molar refractivity (Wildman–Crippen MR) is 103 cm³/mol. The van der Waals surface area contributed by atoms with Crippen LogP contribution in [0.15, 0.2) is 35.4 Å². The van der Waals surface area contributed by atoms with E-state index in [1.807, 2.05) is 0 Å². The monoisotopic (exact) mass is 398 g/mol. The summed E-state index contributed by atoms with van der Waals surface area (Å²) in [6.07, 6.45) is 4.54. The third-order valence-electron chi connectivity index (χ3n) is 3.91. The van der Waals surface area contributed by atoms with Gasteiger partial charge in [0.05, 0.1) is 33.4 Å².